The van der Waals surface area contributed by atoms with Crippen LogP contribution >= 0.6 is 0 Å². The maximum absolute atomic E-state index is 13.1. The molecule has 0 unspecified atom stereocenters. The van der Waals surface area contributed by atoms with Crippen LogP contribution in [0, 0.1) is 6.92 Å². The monoisotopic (exact) mass is 383 g/mol. The van der Waals surface area contributed by atoms with Crippen LogP contribution in [0.25, 0.3) is 11.0 Å². The van der Waals surface area contributed by atoms with E-state index in [2.05, 4.69) is 10.1 Å². The molecule has 2 aromatic heterocycles. The van der Waals surface area contributed by atoms with Gasteiger partial charge in [0.25, 0.3) is 5.91 Å². The van der Waals surface area contributed by atoms with Gasteiger partial charge in [-0.2, -0.15) is 18.3 Å². The standard InChI is InChI=1S/C18H24F3N5O/c1-12(2)26-16-15(10-22-26)14(9-13(3)23-16)17(27)25-6-4-5-24(7-8-25)11-18(19,20)21/h9-10,12H,4-8,11H2,1-3H3. The Morgan fingerprint density at radius 2 is 1.96 bits per heavy atom. The summed E-state index contributed by atoms with van der Waals surface area (Å²) in [6.45, 7) is 6.12. The van der Waals surface area contributed by atoms with Crippen molar-refractivity contribution in [3.8, 4) is 0 Å². The minimum Gasteiger partial charge on any atom is -0.337 e. The third-order valence-corrected chi connectivity index (χ3v) is 4.69. The third kappa shape index (κ3) is 4.40. The number of aryl methyl sites for hydroxylation is 1. The van der Waals surface area contributed by atoms with E-state index in [1.54, 1.807) is 21.8 Å². The van der Waals surface area contributed by atoms with E-state index in [4.69, 9.17) is 0 Å². The van der Waals surface area contributed by atoms with Crippen molar-refractivity contribution in [1.29, 1.82) is 0 Å². The first-order valence-electron chi connectivity index (χ1n) is 9.09. The van der Waals surface area contributed by atoms with Gasteiger partial charge >= 0.3 is 6.18 Å². The Bertz CT molecular complexity index is 830. The van der Waals surface area contributed by atoms with Crippen LogP contribution in [0.3, 0.4) is 0 Å². The van der Waals surface area contributed by atoms with E-state index in [0.717, 1.165) is 0 Å². The molecule has 9 heteroatoms. The number of hydrogen-bond acceptors (Lipinski definition) is 4. The van der Waals surface area contributed by atoms with Gasteiger partial charge in [-0.1, -0.05) is 0 Å². The van der Waals surface area contributed by atoms with Crippen LogP contribution in [0.4, 0.5) is 13.2 Å². The summed E-state index contributed by atoms with van der Waals surface area (Å²) in [7, 11) is 0. The lowest BCUT2D eigenvalue weighted by Crippen LogP contribution is -2.38. The molecular formula is C18H24F3N5O. The lowest BCUT2D eigenvalue weighted by Gasteiger charge is -2.23. The molecule has 1 aliphatic heterocycles. The van der Waals surface area contributed by atoms with Crippen molar-refractivity contribution in [3.63, 3.8) is 0 Å². The largest absolute Gasteiger partial charge is 0.401 e. The molecule has 1 aliphatic rings. The zero-order valence-electron chi connectivity index (χ0n) is 15.8. The number of fused-ring (bicyclic) bond motifs is 1. The average Bonchev–Trinajstić information content (AvgIpc) is 2.85. The van der Waals surface area contributed by atoms with Crippen LogP contribution in [-0.2, 0) is 0 Å². The summed E-state index contributed by atoms with van der Waals surface area (Å²) in [6, 6.07) is 1.84. The smallest absolute Gasteiger partial charge is 0.337 e. The fourth-order valence-corrected chi connectivity index (χ4v) is 3.45. The molecule has 3 heterocycles. The Morgan fingerprint density at radius 1 is 1.22 bits per heavy atom. The van der Waals surface area contributed by atoms with Gasteiger partial charge in [0, 0.05) is 37.9 Å². The normalized spacial score (nSPS) is 16.9. The zero-order chi connectivity index (χ0) is 19.8. The molecule has 2 aromatic rings. The number of hydrogen-bond donors (Lipinski definition) is 0. The highest BCUT2D eigenvalue weighted by molar-refractivity contribution is 6.05. The van der Waals surface area contributed by atoms with Crippen molar-refractivity contribution in [1.82, 2.24) is 24.6 Å². The van der Waals surface area contributed by atoms with E-state index in [1.807, 2.05) is 20.8 Å². The van der Waals surface area contributed by atoms with Gasteiger partial charge in [-0.3, -0.25) is 9.69 Å². The predicted molar refractivity (Wildman–Crippen MR) is 95.7 cm³/mol. The number of halogens is 3. The van der Waals surface area contributed by atoms with Gasteiger partial charge in [-0.15, -0.1) is 0 Å². The van der Waals surface area contributed by atoms with Crippen molar-refractivity contribution in [2.45, 2.75) is 39.4 Å². The molecule has 148 valence electrons. The van der Waals surface area contributed by atoms with E-state index >= 15 is 0 Å². The maximum atomic E-state index is 13.1. The number of carbonyl (C=O) groups is 1. The molecule has 0 radical (unpaired) electrons. The summed E-state index contributed by atoms with van der Waals surface area (Å²) < 4.78 is 39.7. The molecule has 0 atom stereocenters. The van der Waals surface area contributed by atoms with Crippen molar-refractivity contribution < 1.29 is 18.0 Å². The molecule has 1 amide bonds. The summed E-state index contributed by atoms with van der Waals surface area (Å²) in [4.78, 5) is 20.6. The highest BCUT2D eigenvalue weighted by Gasteiger charge is 2.32. The zero-order valence-corrected chi connectivity index (χ0v) is 15.8. The predicted octanol–water partition coefficient (Wildman–Crippen LogP) is 3.03. The van der Waals surface area contributed by atoms with Crippen LogP contribution in [0.2, 0.25) is 0 Å². The van der Waals surface area contributed by atoms with Crippen LogP contribution in [0.5, 0.6) is 0 Å². The minimum absolute atomic E-state index is 0.105. The molecule has 0 saturated carbocycles. The number of amides is 1. The van der Waals surface area contributed by atoms with Crippen LogP contribution in [0.15, 0.2) is 12.3 Å². The summed E-state index contributed by atoms with van der Waals surface area (Å²) in [6.07, 6.45) is -2.07. The fraction of sp³-hybridized carbons (Fsp3) is 0.611. The molecule has 1 saturated heterocycles. The maximum Gasteiger partial charge on any atom is 0.401 e. The Kier molecular flexibility index (Phi) is 5.41. The van der Waals surface area contributed by atoms with Crippen LogP contribution in [0.1, 0.15) is 42.4 Å². The second-order valence-corrected chi connectivity index (χ2v) is 7.27. The molecule has 0 N–H and O–H groups in total. The van der Waals surface area contributed by atoms with Gasteiger partial charge in [-0.25, -0.2) is 9.67 Å². The first-order chi connectivity index (χ1) is 12.7. The van der Waals surface area contributed by atoms with Gasteiger partial charge in [0.05, 0.1) is 23.7 Å². The topological polar surface area (TPSA) is 54.3 Å². The number of alkyl halides is 3. The van der Waals surface area contributed by atoms with E-state index in [-0.39, 0.29) is 25.0 Å². The Morgan fingerprint density at radius 3 is 2.63 bits per heavy atom. The Hall–Kier alpha value is -2.16. The quantitative estimate of drug-likeness (QED) is 0.818. The lowest BCUT2D eigenvalue weighted by molar-refractivity contribution is -0.145. The Balaban J connectivity index is 1.84. The number of carbonyl (C=O) groups excluding carboxylic acids is 1. The SMILES string of the molecule is Cc1cc(C(=O)N2CCCN(CC(F)(F)F)CC2)c2cnn(C(C)C)c2n1. The van der Waals surface area contributed by atoms with Crippen molar-refractivity contribution in [2.24, 2.45) is 0 Å². The third-order valence-electron chi connectivity index (χ3n) is 4.69. The van der Waals surface area contributed by atoms with Crippen molar-refractivity contribution in [3.05, 3.63) is 23.5 Å². The molecule has 6 nitrogen and oxygen atoms in total. The molecule has 0 bridgehead atoms. The van der Waals surface area contributed by atoms with E-state index in [1.165, 1.54) is 4.90 Å². The first-order valence-corrected chi connectivity index (χ1v) is 9.09. The second kappa shape index (κ2) is 7.46. The van der Waals surface area contributed by atoms with Gasteiger partial charge in [0.15, 0.2) is 5.65 Å². The highest BCUT2D eigenvalue weighted by atomic mass is 19.4. The van der Waals surface area contributed by atoms with Gasteiger partial charge in [-0.05, 0) is 33.3 Å². The first kappa shape index (κ1) is 19.6. The van der Waals surface area contributed by atoms with Crippen LogP contribution < -0.4 is 0 Å². The van der Waals surface area contributed by atoms with Crippen molar-refractivity contribution >= 4 is 16.9 Å². The summed E-state index contributed by atoms with van der Waals surface area (Å²) in [5, 5.41) is 5.02. The number of aromatic nitrogens is 3. The molecule has 0 aliphatic carbocycles. The minimum atomic E-state index is -4.22. The van der Waals surface area contributed by atoms with E-state index < -0.39 is 12.7 Å². The highest BCUT2D eigenvalue weighted by Crippen LogP contribution is 2.23. The fourth-order valence-electron chi connectivity index (χ4n) is 3.45. The summed E-state index contributed by atoms with van der Waals surface area (Å²) in [5.41, 5.74) is 1.87. The second-order valence-electron chi connectivity index (χ2n) is 7.27. The van der Waals surface area contributed by atoms with Gasteiger partial charge < -0.3 is 4.90 Å². The average molecular weight is 383 g/mol. The van der Waals surface area contributed by atoms with Crippen molar-refractivity contribution in [2.75, 3.05) is 32.7 Å². The van der Waals surface area contributed by atoms with Gasteiger partial charge in [0.1, 0.15) is 0 Å². The summed E-state index contributed by atoms with van der Waals surface area (Å²) in [5.74, 6) is -0.178. The molecule has 1 fully saturated rings. The Labute approximate surface area is 155 Å². The van der Waals surface area contributed by atoms with E-state index in [9.17, 15) is 18.0 Å². The number of pyridine rings is 1. The number of nitrogens with zero attached hydrogens (tertiary/aromatic N) is 5. The van der Waals surface area contributed by atoms with Gasteiger partial charge in [0.2, 0.25) is 0 Å². The summed E-state index contributed by atoms with van der Waals surface area (Å²) >= 11 is 0. The molecule has 3 rings (SSSR count). The van der Waals surface area contributed by atoms with E-state index in [0.29, 0.717) is 41.8 Å². The van der Waals surface area contributed by atoms with Crippen LogP contribution in [-0.4, -0.2) is 69.4 Å². The number of rotatable bonds is 3. The molecule has 27 heavy (non-hydrogen) atoms. The molecular weight excluding hydrogens is 359 g/mol. The molecule has 0 aromatic carbocycles. The lowest BCUT2D eigenvalue weighted by atomic mass is 10.1. The molecule has 0 spiro atoms.